The van der Waals surface area contributed by atoms with E-state index in [1.165, 1.54) is 32.0 Å². The molecule has 9 aromatic rings. The highest BCUT2D eigenvalue weighted by Gasteiger charge is 2.50. The van der Waals surface area contributed by atoms with Crippen LogP contribution >= 0.6 is 11.8 Å². The predicted molar refractivity (Wildman–Crippen MR) is 233 cm³/mol. The molecule has 1 aliphatic heterocycles. The van der Waals surface area contributed by atoms with Crippen molar-refractivity contribution >= 4 is 11.8 Å². The third-order valence-corrected chi connectivity index (χ3v) is 12.6. The Kier molecular flexibility index (Phi) is 7.99. The highest BCUT2D eigenvalue weighted by molar-refractivity contribution is 7.99. The van der Waals surface area contributed by atoms with E-state index in [1.807, 2.05) is 54.2 Å². The number of benzene rings is 8. The summed E-state index contributed by atoms with van der Waals surface area (Å²) in [5.41, 5.74) is 14.5. The van der Waals surface area contributed by atoms with E-state index in [0.29, 0.717) is 23.0 Å². The molecule has 0 amide bonds. The average molecular weight is 757 g/mol. The molecule has 8 aromatic carbocycles. The van der Waals surface area contributed by atoms with E-state index in [2.05, 4.69) is 158 Å². The van der Waals surface area contributed by atoms with Gasteiger partial charge in [-0.3, -0.25) is 0 Å². The van der Waals surface area contributed by atoms with E-state index in [1.54, 1.807) is 0 Å². The number of hydrogen-bond donors (Lipinski definition) is 0. The highest BCUT2D eigenvalue weighted by atomic mass is 32.2. The Morgan fingerprint density at radius 1 is 0.362 bits per heavy atom. The summed E-state index contributed by atoms with van der Waals surface area (Å²) >= 11 is 1.82. The maximum absolute atomic E-state index is 10.1. The minimum Gasteiger partial charge on any atom is -0.208 e. The molecule has 0 radical (unpaired) electrons. The summed E-state index contributed by atoms with van der Waals surface area (Å²) in [6.45, 7) is 0. The van der Waals surface area contributed by atoms with Crippen molar-refractivity contribution in [2.45, 2.75) is 15.2 Å². The molecule has 0 N–H and O–H groups in total. The Bertz CT molecular complexity index is 3050. The minimum atomic E-state index is -0.590. The first-order valence-corrected chi connectivity index (χ1v) is 20.1. The van der Waals surface area contributed by atoms with Gasteiger partial charge in [0.1, 0.15) is 0 Å². The molecule has 0 bridgehead atoms. The van der Waals surface area contributed by atoms with E-state index in [0.717, 1.165) is 50.1 Å². The van der Waals surface area contributed by atoms with Crippen LogP contribution in [0.1, 0.15) is 27.8 Å². The van der Waals surface area contributed by atoms with Crippen LogP contribution in [0.5, 0.6) is 0 Å². The molecule has 4 nitrogen and oxygen atoms in total. The summed E-state index contributed by atoms with van der Waals surface area (Å²) in [6.07, 6.45) is 0. The fourth-order valence-electron chi connectivity index (χ4n) is 8.78. The van der Waals surface area contributed by atoms with Crippen LogP contribution in [0.2, 0.25) is 0 Å². The predicted octanol–water partition coefficient (Wildman–Crippen LogP) is 12.9. The lowest BCUT2D eigenvalue weighted by molar-refractivity contribution is 0.722. The second-order valence-electron chi connectivity index (χ2n) is 14.7. The SMILES string of the molecule is N#Cc1ccc2c(c1)C1(c3ccccc3Sc3ccccc31)c1cc(-c3cccc(-c4nc(-c5ccccc5)nc(-c5ccc(-c6ccccc6)cc5)n4)c3)ccc1-2. The van der Waals surface area contributed by atoms with Gasteiger partial charge < -0.3 is 0 Å². The van der Waals surface area contributed by atoms with Gasteiger partial charge in [0.05, 0.1) is 17.0 Å². The van der Waals surface area contributed by atoms with E-state index < -0.39 is 5.41 Å². The van der Waals surface area contributed by atoms with Crippen LogP contribution in [0.4, 0.5) is 0 Å². The molecular formula is C53H32N4S. The molecule has 0 fully saturated rings. The quantitative estimate of drug-likeness (QED) is 0.175. The molecule has 1 aromatic heterocycles. The van der Waals surface area contributed by atoms with Crippen LogP contribution in [-0.2, 0) is 5.41 Å². The molecule has 5 heteroatoms. The maximum Gasteiger partial charge on any atom is 0.164 e. The molecule has 11 rings (SSSR count). The van der Waals surface area contributed by atoms with E-state index >= 15 is 0 Å². The third-order valence-electron chi connectivity index (χ3n) is 11.4. The van der Waals surface area contributed by atoms with Gasteiger partial charge in [0, 0.05) is 26.5 Å². The van der Waals surface area contributed by atoms with Crippen molar-refractivity contribution in [2.24, 2.45) is 0 Å². The number of hydrogen-bond acceptors (Lipinski definition) is 5. The van der Waals surface area contributed by atoms with E-state index in [-0.39, 0.29) is 0 Å². The summed E-state index contributed by atoms with van der Waals surface area (Å²) in [6, 6.07) is 70.4. The summed E-state index contributed by atoms with van der Waals surface area (Å²) in [5, 5.41) is 10.1. The van der Waals surface area contributed by atoms with Crippen LogP contribution in [0, 0.1) is 11.3 Å². The van der Waals surface area contributed by atoms with Gasteiger partial charge in [0.25, 0.3) is 0 Å². The zero-order valence-electron chi connectivity index (χ0n) is 31.2. The number of rotatable bonds is 5. The van der Waals surface area contributed by atoms with Gasteiger partial charge in [-0.2, -0.15) is 5.26 Å². The molecule has 0 saturated heterocycles. The van der Waals surface area contributed by atoms with Gasteiger partial charge in [-0.25, -0.2) is 15.0 Å². The van der Waals surface area contributed by atoms with Crippen LogP contribution in [-0.4, -0.2) is 15.0 Å². The van der Waals surface area contributed by atoms with Gasteiger partial charge >= 0.3 is 0 Å². The van der Waals surface area contributed by atoms with Crippen LogP contribution in [0.15, 0.2) is 204 Å². The maximum atomic E-state index is 10.1. The van der Waals surface area contributed by atoms with Gasteiger partial charge in [0.15, 0.2) is 17.5 Å². The first-order chi connectivity index (χ1) is 28.7. The topological polar surface area (TPSA) is 62.5 Å². The Morgan fingerprint density at radius 2 is 0.810 bits per heavy atom. The Balaban J connectivity index is 1.06. The minimum absolute atomic E-state index is 0.590. The summed E-state index contributed by atoms with van der Waals surface area (Å²) < 4.78 is 0. The van der Waals surface area contributed by atoms with Crippen molar-refractivity contribution in [3.8, 4) is 73.6 Å². The molecule has 1 aliphatic carbocycles. The van der Waals surface area contributed by atoms with Crippen LogP contribution in [0.25, 0.3) is 67.5 Å². The van der Waals surface area contributed by atoms with Gasteiger partial charge in [-0.1, -0.05) is 169 Å². The lowest BCUT2D eigenvalue weighted by Gasteiger charge is -2.39. The molecule has 2 heterocycles. The molecule has 0 atom stereocenters. The normalized spacial score (nSPS) is 12.9. The van der Waals surface area contributed by atoms with Crippen molar-refractivity contribution in [3.63, 3.8) is 0 Å². The van der Waals surface area contributed by atoms with Crippen LogP contribution < -0.4 is 0 Å². The smallest absolute Gasteiger partial charge is 0.164 e. The Hall–Kier alpha value is -7.39. The van der Waals surface area contributed by atoms with Crippen LogP contribution in [0.3, 0.4) is 0 Å². The number of aromatic nitrogens is 3. The molecular weight excluding hydrogens is 725 g/mol. The summed E-state index contributed by atoms with van der Waals surface area (Å²) in [4.78, 5) is 17.6. The van der Waals surface area contributed by atoms with Gasteiger partial charge in [-0.05, 0) is 92.0 Å². The second-order valence-corrected chi connectivity index (χ2v) is 15.8. The summed E-state index contributed by atoms with van der Waals surface area (Å²) in [5.74, 6) is 1.86. The van der Waals surface area contributed by atoms with Gasteiger partial charge in [-0.15, -0.1) is 0 Å². The van der Waals surface area contributed by atoms with Gasteiger partial charge in [0.2, 0.25) is 0 Å². The lowest BCUT2D eigenvalue weighted by Crippen LogP contribution is -2.32. The fourth-order valence-corrected chi connectivity index (χ4v) is 9.97. The standard InChI is InChI=1S/C53H32N4S/c54-33-34-22-28-42-43-29-27-40(32-47(43)53(46(42)30-34)44-18-7-9-20-48(44)58-49-21-10-8-19-45(49)53)39-16-11-17-41(31-39)52-56-50(37-14-5-2-6-15-37)55-51(57-52)38-25-23-36(24-26-38)35-12-3-1-4-13-35/h1-32H. The molecule has 58 heavy (non-hydrogen) atoms. The first kappa shape index (κ1) is 33.9. The number of fused-ring (bicyclic) bond motifs is 9. The molecule has 0 unspecified atom stereocenters. The highest BCUT2D eigenvalue weighted by Crippen LogP contribution is 2.62. The molecule has 1 spiro atoms. The van der Waals surface area contributed by atoms with Crippen molar-refractivity contribution in [1.82, 2.24) is 15.0 Å². The third kappa shape index (κ3) is 5.42. The van der Waals surface area contributed by atoms with E-state index in [4.69, 9.17) is 15.0 Å². The molecule has 0 saturated carbocycles. The zero-order chi connectivity index (χ0) is 38.6. The largest absolute Gasteiger partial charge is 0.208 e. The lowest BCUT2D eigenvalue weighted by atomic mass is 9.67. The molecule has 270 valence electrons. The fraction of sp³-hybridized carbons (Fsp3) is 0.0189. The Morgan fingerprint density at radius 3 is 1.47 bits per heavy atom. The average Bonchev–Trinajstić information content (AvgIpc) is 3.58. The monoisotopic (exact) mass is 756 g/mol. The number of nitrogens with zero attached hydrogens (tertiary/aromatic N) is 4. The molecule has 2 aliphatic rings. The zero-order valence-corrected chi connectivity index (χ0v) is 32.0. The van der Waals surface area contributed by atoms with Crippen molar-refractivity contribution in [1.29, 1.82) is 5.26 Å². The Labute approximate surface area is 341 Å². The van der Waals surface area contributed by atoms with Crippen molar-refractivity contribution in [2.75, 3.05) is 0 Å². The summed E-state index contributed by atoms with van der Waals surface area (Å²) in [7, 11) is 0. The van der Waals surface area contributed by atoms with E-state index in [9.17, 15) is 5.26 Å². The van der Waals surface area contributed by atoms with Crippen molar-refractivity contribution in [3.05, 3.63) is 222 Å². The second kappa shape index (κ2) is 13.7. The number of nitriles is 1. The van der Waals surface area contributed by atoms with Crippen molar-refractivity contribution < 1.29 is 0 Å². The first-order valence-electron chi connectivity index (χ1n) is 19.3.